The van der Waals surface area contributed by atoms with Crippen LogP contribution in [-0.4, -0.2) is 71.0 Å². The molecule has 1 amide bonds. The first kappa shape index (κ1) is 23.6. The normalized spacial score (nSPS) is 22.7. The van der Waals surface area contributed by atoms with Crippen LogP contribution in [0, 0.1) is 12.8 Å². The van der Waals surface area contributed by atoms with Gasteiger partial charge in [-0.3, -0.25) is 9.69 Å². The lowest BCUT2D eigenvalue weighted by Crippen LogP contribution is -2.54. The van der Waals surface area contributed by atoms with Crippen molar-refractivity contribution in [2.45, 2.75) is 67.8 Å². The van der Waals surface area contributed by atoms with E-state index < -0.39 is 0 Å². The van der Waals surface area contributed by atoms with Crippen LogP contribution in [0.25, 0.3) is 0 Å². The van der Waals surface area contributed by atoms with E-state index in [9.17, 15) is 4.79 Å². The maximum atomic E-state index is 13.5. The lowest BCUT2D eigenvalue weighted by molar-refractivity contribution is -0.138. The topological polar surface area (TPSA) is 52.6 Å². The largest absolute Gasteiger partial charge is 0.354 e. The van der Waals surface area contributed by atoms with E-state index >= 15 is 0 Å². The number of hydrogen-bond acceptors (Lipinski definition) is 6. The summed E-state index contributed by atoms with van der Waals surface area (Å²) in [6.45, 7) is 7.60. The summed E-state index contributed by atoms with van der Waals surface area (Å²) in [5, 5.41) is 0.917. The lowest BCUT2D eigenvalue weighted by atomic mass is 9.93. The first-order valence-electron chi connectivity index (χ1n) is 13.0. The summed E-state index contributed by atoms with van der Waals surface area (Å²) < 4.78 is 0. The third-order valence-corrected chi connectivity index (χ3v) is 8.66. The minimum atomic E-state index is 0.0502. The van der Waals surface area contributed by atoms with Gasteiger partial charge in [0.2, 0.25) is 5.91 Å². The van der Waals surface area contributed by atoms with Crippen molar-refractivity contribution in [3.05, 3.63) is 42.2 Å². The Morgan fingerprint density at radius 1 is 0.882 bits per heavy atom. The van der Waals surface area contributed by atoms with Crippen LogP contribution >= 0.6 is 11.8 Å². The van der Waals surface area contributed by atoms with Crippen LogP contribution in [-0.2, 0) is 4.79 Å². The van der Waals surface area contributed by atoms with Crippen LogP contribution in [0.1, 0.15) is 50.5 Å². The van der Waals surface area contributed by atoms with E-state index in [1.54, 1.807) is 24.2 Å². The molecule has 1 unspecified atom stereocenters. The molecule has 1 atom stereocenters. The highest BCUT2D eigenvalue weighted by Gasteiger charge is 2.33. The summed E-state index contributed by atoms with van der Waals surface area (Å²) in [5.74, 6) is 1.30. The Balaban J connectivity index is 1.20. The molecule has 1 aromatic heterocycles. The van der Waals surface area contributed by atoms with Crippen LogP contribution in [0.4, 0.5) is 5.82 Å². The number of benzene rings is 1. The van der Waals surface area contributed by atoms with Gasteiger partial charge in [-0.2, -0.15) is 0 Å². The molecule has 182 valence electrons. The van der Waals surface area contributed by atoms with E-state index in [-0.39, 0.29) is 5.92 Å². The van der Waals surface area contributed by atoms with Gasteiger partial charge in [-0.05, 0) is 44.7 Å². The highest BCUT2D eigenvalue weighted by molar-refractivity contribution is 7.99. The van der Waals surface area contributed by atoms with E-state index in [4.69, 9.17) is 4.98 Å². The van der Waals surface area contributed by atoms with Crippen LogP contribution in [0.15, 0.2) is 46.6 Å². The summed E-state index contributed by atoms with van der Waals surface area (Å²) in [6, 6.07) is 9.27. The lowest BCUT2D eigenvalue weighted by Gasteiger charge is -2.42. The zero-order chi connectivity index (χ0) is 23.3. The quantitative estimate of drug-likeness (QED) is 0.623. The number of carbonyl (C=O) groups excluding carboxylic acids is 1. The second-order valence-electron chi connectivity index (χ2n) is 10.0. The third kappa shape index (κ3) is 5.57. The highest BCUT2D eigenvalue weighted by Crippen LogP contribution is 2.34. The van der Waals surface area contributed by atoms with Gasteiger partial charge in [0, 0.05) is 62.6 Å². The van der Waals surface area contributed by atoms with Crippen molar-refractivity contribution in [2.24, 2.45) is 5.92 Å². The molecule has 2 saturated heterocycles. The number of rotatable bonds is 5. The van der Waals surface area contributed by atoms with Crippen LogP contribution < -0.4 is 4.90 Å². The van der Waals surface area contributed by atoms with Gasteiger partial charge >= 0.3 is 0 Å². The molecule has 1 aromatic carbocycles. The van der Waals surface area contributed by atoms with Crippen molar-refractivity contribution < 1.29 is 4.79 Å². The first-order valence-corrected chi connectivity index (χ1v) is 13.8. The van der Waals surface area contributed by atoms with Gasteiger partial charge in [0.1, 0.15) is 5.03 Å². The van der Waals surface area contributed by atoms with E-state index in [0.29, 0.717) is 5.91 Å². The number of anilines is 1. The van der Waals surface area contributed by atoms with Gasteiger partial charge in [-0.1, -0.05) is 48.7 Å². The Morgan fingerprint density at radius 3 is 2.38 bits per heavy atom. The average molecular weight is 480 g/mol. The van der Waals surface area contributed by atoms with Crippen molar-refractivity contribution in [2.75, 3.05) is 44.2 Å². The molecule has 5 rings (SSSR count). The zero-order valence-electron chi connectivity index (χ0n) is 20.4. The van der Waals surface area contributed by atoms with Crippen LogP contribution in [0.5, 0.6) is 0 Å². The predicted molar refractivity (Wildman–Crippen MR) is 137 cm³/mol. The maximum Gasteiger partial charge on any atom is 0.227 e. The van der Waals surface area contributed by atoms with Gasteiger partial charge in [-0.15, -0.1) is 0 Å². The molecule has 3 heterocycles. The summed E-state index contributed by atoms with van der Waals surface area (Å²) in [6.07, 6.45) is 12.3. The minimum absolute atomic E-state index is 0.0502. The number of amides is 1. The van der Waals surface area contributed by atoms with Gasteiger partial charge < -0.3 is 9.80 Å². The molecule has 3 fully saturated rings. The Morgan fingerprint density at radius 2 is 1.62 bits per heavy atom. The third-order valence-electron chi connectivity index (χ3n) is 7.67. The molecule has 0 radical (unpaired) electrons. The Kier molecular flexibility index (Phi) is 7.70. The van der Waals surface area contributed by atoms with Gasteiger partial charge in [-0.25, -0.2) is 9.97 Å². The van der Waals surface area contributed by atoms with E-state index in [2.05, 4.69) is 50.9 Å². The average Bonchev–Trinajstić information content (AvgIpc) is 2.90. The van der Waals surface area contributed by atoms with Gasteiger partial charge in [0.25, 0.3) is 0 Å². The molecular formula is C27H37N5OS. The Labute approximate surface area is 208 Å². The number of piperazine rings is 1. The molecule has 3 aliphatic rings. The second kappa shape index (κ2) is 11.1. The predicted octanol–water partition coefficient (Wildman–Crippen LogP) is 4.63. The van der Waals surface area contributed by atoms with Gasteiger partial charge in [0.05, 0.1) is 5.92 Å². The molecule has 2 aliphatic heterocycles. The number of aryl methyl sites for hydroxylation is 1. The van der Waals surface area contributed by atoms with Crippen molar-refractivity contribution in [1.82, 2.24) is 19.8 Å². The van der Waals surface area contributed by atoms with Gasteiger partial charge in [0.15, 0.2) is 5.82 Å². The van der Waals surface area contributed by atoms with Crippen molar-refractivity contribution in [3.8, 4) is 0 Å². The van der Waals surface area contributed by atoms with Crippen LogP contribution in [0.3, 0.4) is 0 Å². The molecule has 34 heavy (non-hydrogen) atoms. The summed E-state index contributed by atoms with van der Waals surface area (Å²) in [7, 11) is 0. The maximum absolute atomic E-state index is 13.5. The molecule has 7 heteroatoms. The molecule has 1 saturated carbocycles. The van der Waals surface area contributed by atoms with E-state index in [1.165, 1.54) is 37.7 Å². The monoisotopic (exact) mass is 479 g/mol. The molecule has 1 aliphatic carbocycles. The zero-order valence-corrected chi connectivity index (χ0v) is 21.2. The van der Waals surface area contributed by atoms with Crippen molar-refractivity contribution in [3.63, 3.8) is 0 Å². The highest BCUT2D eigenvalue weighted by atomic mass is 32.2. The fraction of sp³-hybridized carbons (Fsp3) is 0.593. The van der Waals surface area contributed by atoms with Crippen molar-refractivity contribution in [1.29, 1.82) is 0 Å². The van der Waals surface area contributed by atoms with E-state index in [1.807, 2.05) is 0 Å². The fourth-order valence-electron chi connectivity index (χ4n) is 5.71. The van der Waals surface area contributed by atoms with Crippen LogP contribution in [0.2, 0.25) is 0 Å². The number of piperidine rings is 1. The first-order chi connectivity index (χ1) is 16.7. The second-order valence-corrected chi connectivity index (χ2v) is 11.1. The van der Waals surface area contributed by atoms with E-state index in [0.717, 1.165) is 73.9 Å². The molecule has 2 aromatic rings. The fourth-order valence-corrected chi connectivity index (χ4v) is 6.59. The Bertz CT molecular complexity index is 954. The molecule has 6 nitrogen and oxygen atoms in total. The number of aromatic nitrogens is 2. The molecule has 0 N–H and O–H groups in total. The number of nitrogens with zero attached hydrogens (tertiary/aromatic N) is 5. The Hall–Kier alpha value is -2.12. The smallest absolute Gasteiger partial charge is 0.227 e. The molecule has 0 bridgehead atoms. The standard InChI is InChI=1S/C27H37N5OS/c1-21-9-11-24(12-10-21)34-26-25(28-13-14-29-26)32-15-5-6-22(20-32)27(33)31-18-16-30(17-19-31)23-7-3-2-4-8-23/h9-14,22-23H,2-8,15-20H2,1H3. The minimum Gasteiger partial charge on any atom is -0.354 e. The number of carbonyl (C=O) groups is 1. The molecular weight excluding hydrogens is 442 g/mol. The SMILES string of the molecule is Cc1ccc(Sc2nccnc2N2CCCC(C(=O)N3CCN(C4CCCCC4)CC3)C2)cc1. The summed E-state index contributed by atoms with van der Waals surface area (Å²) in [4.78, 5) is 31.0. The summed E-state index contributed by atoms with van der Waals surface area (Å²) in [5.41, 5.74) is 1.25. The summed E-state index contributed by atoms with van der Waals surface area (Å²) >= 11 is 1.65. The number of hydrogen-bond donors (Lipinski definition) is 0. The molecule has 0 spiro atoms. The van der Waals surface area contributed by atoms with Crippen molar-refractivity contribution >= 4 is 23.5 Å².